The molecule has 1 aromatic heterocycles. The molecule has 0 aliphatic heterocycles. The van der Waals surface area contributed by atoms with Crippen LogP contribution in [0.4, 0.5) is 0 Å². The van der Waals surface area contributed by atoms with Crippen LogP contribution in [0.5, 0.6) is 11.8 Å². The summed E-state index contributed by atoms with van der Waals surface area (Å²) >= 11 is 5.77. The minimum Gasteiger partial charge on any atom is -0.424 e. The number of para-hydroxylation sites is 1. The zero-order valence-corrected chi connectivity index (χ0v) is 11.2. The average Bonchev–Trinajstić information content (AvgIpc) is 2.39. The molecule has 0 fully saturated rings. The van der Waals surface area contributed by atoms with E-state index in [1.165, 1.54) is 0 Å². The highest BCUT2D eigenvalue weighted by atomic mass is 35.5. The van der Waals surface area contributed by atoms with E-state index in [0.717, 1.165) is 29.0 Å². The van der Waals surface area contributed by atoms with Gasteiger partial charge < -0.3 is 4.74 Å². The standard InChI is InChI=1S/C14H15ClN2O/c1-3-11-6-4-5-7-13(11)18-14-16-9-12(8-15)10(2)17-14/h4-7,9H,3,8H2,1-2H3. The van der Waals surface area contributed by atoms with Crippen molar-refractivity contribution < 1.29 is 4.74 Å². The maximum Gasteiger partial charge on any atom is 0.322 e. The first-order valence-corrected chi connectivity index (χ1v) is 6.42. The van der Waals surface area contributed by atoms with Gasteiger partial charge in [-0.2, -0.15) is 4.98 Å². The Hall–Kier alpha value is -1.61. The predicted octanol–water partition coefficient (Wildman–Crippen LogP) is 3.88. The maximum atomic E-state index is 5.77. The third-order valence-corrected chi connectivity index (χ3v) is 3.05. The molecule has 0 N–H and O–H groups in total. The Kier molecular flexibility index (Phi) is 4.15. The molecule has 18 heavy (non-hydrogen) atoms. The van der Waals surface area contributed by atoms with Gasteiger partial charge in [-0.25, -0.2) is 4.98 Å². The van der Waals surface area contributed by atoms with Gasteiger partial charge in [0.05, 0.1) is 5.88 Å². The third-order valence-electron chi connectivity index (χ3n) is 2.76. The molecule has 0 radical (unpaired) electrons. The second-order valence-corrected chi connectivity index (χ2v) is 4.23. The average molecular weight is 263 g/mol. The lowest BCUT2D eigenvalue weighted by atomic mass is 10.1. The Morgan fingerprint density at radius 2 is 2.00 bits per heavy atom. The zero-order valence-electron chi connectivity index (χ0n) is 10.5. The maximum absolute atomic E-state index is 5.77. The van der Waals surface area contributed by atoms with Crippen LogP contribution in [0.15, 0.2) is 30.5 Å². The first-order chi connectivity index (χ1) is 8.74. The second kappa shape index (κ2) is 5.83. The van der Waals surface area contributed by atoms with Gasteiger partial charge in [-0.05, 0) is 25.0 Å². The van der Waals surface area contributed by atoms with Crippen molar-refractivity contribution in [3.05, 3.63) is 47.3 Å². The number of hydrogen-bond donors (Lipinski definition) is 0. The molecular weight excluding hydrogens is 248 g/mol. The van der Waals surface area contributed by atoms with E-state index in [0.29, 0.717) is 11.9 Å². The SMILES string of the molecule is CCc1ccccc1Oc1ncc(CCl)c(C)n1. The van der Waals surface area contributed by atoms with E-state index in [1.54, 1.807) is 6.20 Å². The van der Waals surface area contributed by atoms with Crippen molar-refractivity contribution in [3.63, 3.8) is 0 Å². The van der Waals surface area contributed by atoms with Gasteiger partial charge in [0.15, 0.2) is 0 Å². The lowest BCUT2D eigenvalue weighted by Gasteiger charge is -2.09. The number of rotatable bonds is 4. The van der Waals surface area contributed by atoms with Crippen molar-refractivity contribution in [2.75, 3.05) is 0 Å². The number of ether oxygens (including phenoxy) is 1. The Morgan fingerprint density at radius 1 is 1.22 bits per heavy atom. The minimum absolute atomic E-state index is 0.363. The first kappa shape index (κ1) is 12.8. The van der Waals surface area contributed by atoms with E-state index < -0.39 is 0 Å². The zero-order chi connectivity index (χ0) is 13.0. The molecule has 0 aliphatic carbocycles. The fraction of sp³-hybridized carbons (Fsp3) is 0.286. The Balaban J connectivity index is 2.26. The minimum atomic E-state index is 0.363. The molecule has 3 nitrogen and oxygen atoms in total. The van der Waals surface area contributed by atoms with E-state index in [9.17, 15) is 0 Å². The van der Waals surface area contributed by atoms with Gasteiger partial charge in [0.1, 0.15) is 5.75 Å². The van der Waals surface area contributed by atoms with Crippen molar-refractivity contribution in [3.8, 4) is 11.8 Å². The summed E-state index contributed by atoms with van der Waals surface area (Å²) in [5, 5.41) is 0. The molecule has 1 heterocycles. The van der Waals surface area contributed by atoms with Crippen LogP contribution in [-0.2, 0) is 12.3 Å². The Morgan fingerprint density at radius 3 is 2.67 bits per heavy atom. The molecule has 2 rings (SSSR count). The molecule has 94 valence electrons. The Bertz CT molecular complexity index is 543. The van der Waals surface area contributed by atoms with Gasteiger partial charge in [0.25, 0.3) is 0 Å². The summed E-state index contributed by atoms with van der Waals surface area (Å²) in [6.45, 7) is 3.99. The quantitative estimate of drug-likeness (QED) is 0.785. The number of halogens is 1. The van der Waals surface area contributed by atoms with Crippen molar-refractivity contribution in [2.45, 2.75) is 26.1 Å². The van der Waals surface area contributed by atoms with Crippen LogP contribution in [0.2, 0.25) is 0 Å². The van der Waals surface area contributed by atoms with E-state index in [2.05, 4.69) is 16.9 Å². The summed E-state index contributed by atoms with van der Waals surface area (Å²) in [5.74, 6) is 1.22. The van der Waals surface area contributed by atoms with Crippen molar-refractivity contribution in [1.29, 1.82) is 0 Å². The highest BCUT2D eigenvalue weighted by Gasteiger charge is 2.07. The molecule has 0 spiro atoms. The smallest absolute Gasteiger partial charge is 0.322 e. The number of aromatic nitrogens is 2. The van der Waals surface area contributed by atoms with Crippen molar-refractivity contribution in [2.24, 2.45) is 0 Å². The lowest BCUT2D eigenvalue weighted by Crippen LogP contribution is -1.98. The molecule has 0 atom stereocenters. The molecule has 1 aromatic carbocycles. The lowest BCUT2D eigenvalue weighted by molar-refractivity contribution is 0.435. The van der Waals surface area contributed by atoms with Gasteiger partial charge >= 0.3 is 6.01 Å². The summed E-state index contributed by atoms with van der Waals surface area (Å²) in [6, 6.07) is 8.26. The molecule has 2 aromatic rings. The highest BCUT2D eigenvalue weighted by Crippen LogP contribution is 2.23. The summed E-state index contributed by atoms with van der Waals surface area (Å²) in [5.41, 5.74) is 2.91. The molecule has 0 bridgehead atoms. The summed E-state index contributed by atoms with van der Waals surface area (Å²) in [7, 11) is 0. The normalized spacial score (nSPS) is 10.4. The molecule has 0 saturated heterocycles. The van der Waals surface area contributed by atoms with Crippen molar-refractivity contribution in [1.82, 2.24) is 9.97 Å². The van der Waals surface area contributed by atoms with E-state index in [-0.39, 0.29) is 0 Å². The molecule has 0 amide bonds. The molecular formula is C14H15ClN2O. The van der Waals surface area contributed by atoms with Gasteiger partial charge in [-0.1, -0.05) is 25.1 Å². The van der Waals surface area contributed by atoms with Gasteiger partial charge in [-0.15, -0.1) is 11.6 Å². The van der Waals surface area contributed by atoms with Crippen LogP contribution in [0, 0.1) is 6.92 Å². The molecule has 0 unspecified atom stereocenters. The van der Waals surface area contributed by atoms with Gasteiger partial charge in [0, 0.05) is 17.5 Å². The van der Waals surface area contributed by atoms with Gasteiger partial charge in [-0.3, -0.25) is 0 Å². The Labute approximate surface area is 112 Å². The fourth-order valence-electron chi connectivity index (χ4n) is 1.64. The van der Waals surface area contributed by atoms with E-state index >= 15 is 0 Å². The predicted molar refractivity (Wildman–Crippen MR) is 72.2 cm³/mol. The van der Waals surface area contributed by atoms with Crippen LogP contribution in [0.25, 0.3) is 0 Å². The second-order valence-electron chi connectivity index (χ2n) is 3.96. The largest absolute Gasteiger partial charge is 0.424 e. The van der Waals surface area contributed by atoms with E-state index in [4.69, 9.17) is 16.3 Å². The van der Waals surface area contributed by atoms with Crippen molar-refractivity contribution >= 4 is 11.6 Å². The summed E-state index contributed by atoms with van der Waals surface area (Å²) < 4.78 is 5.72. The van der Waals surface area contributed by atoms with Gasteiger partial charge in [0.2, 0.25) is 0 Å². The number of benzene rings is 1. The molecule has 0 saturated carbocycles. The topological polar surface area (TPSA) is 35.0 Å². The molecule has 0 aliphatic rings. The third kappa shape index (κ3) is 2.79. The van der Waals surface area contributed by atoms with Crippen LogP contribution < -0.4 is 4.74 Å². The van der Waals surface area contributed by atoms with Crippen LogP contribution >= 0.6 is 11.6 Å². The van der Waals surface area contributed by atoms with Crippen LogP contribution in [0.1, 0.15) is 23.7 Å². The fourth-order valence-corrected chi connectivity index (χ4v) is 1.91. The number of alkyl halides is 1. The first-order valence-electron chi connectivity index (χ1n) is 5.88. The molecule has 4 heteroatoms. The number of hydrogen-bond acceptors (Lipinski definition) is 3. The monoisotopic (exact) mass is 262 g/mol. The summed E-state index contributed by atoms with van der Waals surface area (Å²) in [4.78, 5) is 8.46. The number of nitrogens with zero attached hydrogens (tertiary/aromatic N) is 2. The number of aryl methyl sites for hydroxylation is 2. The van der Waals surface area contributed by atoms with Crippen LogP contribution in [-0.4, -0.2) is 9.97 Å². The van der Waals surface area contributed by atoms with E-state index in [1.807, 2.05) is 31.2 Å². The van der Waals surface area contributed by atoms with Crippen LogP contribution in [0.3, 0.4) is 0 Å². The highest BCUT2D eigenvalue weighted by molar-refractivity contribution is 6.17. The summed E-state index contributed by atoms with van der Waals surface area (Å²) in [6.07, 6.45) is 2.62.